The SMILES string of the molecule is C[C@@H](NC(=O)c1ccc(-c2nn[nH]n2)cc1)c1cccc(Cl)c1. The van der Waals surface area contributed by atoms with Crippen LogP contribution in [-0.4, -0.2) is 26.5 Å². The summed E-state index contributed by atoms with van der Waals surface area (Å²) < 4.78 is 0. The molecule has 0 unspecified atom stereocenters. The monoisotopic (exact) mass is 327 g/mol. The van der Waals surface area contributed by atoms with Crippen LogP contribution in [0.3, 0.4) is 0 Å². The van der Waals surface area contributed by atoms with Crippen molar-refractivity contribution in [3.63, 3.8) is 0 Å². The molecule has 0 fully saturated rings. The van der Waals surface area contributed by atoms with E-state index < -0.39 is 0 Å². The maximum absolute atomic E-state index is 12.3. The fourth-order valence-corrected chi connectivity index (χ4v) is 2.39. The van der Waals surface area contributed by atoms with Gasteiger partial charge in [0.1, 0.15) is 0 Å². The van der Waals surface area contributed by atoms with Crippen LogP contribution in [0.4, 0.5) is 0 Å². The molecule has 1 amide bonds. The van der Waals surface area contributed by atoms with E-state index in [2.05, 4.69) is 25.9 Å². The zero-order valence-electron chi connectivity index (χ0n) is 12.3. The maximum Gasteiger partial charge on any atom is 0.251 e. The molecular formula is C16H14ClN5O. The molecule has 0 radical (unpaired) electrons. The van der Waals surface area contributed by atoms with Gasteiger partial charge in [-0.05, 0) is 42.0 Å². The van der Waals surface area contributed by atoms with Gasteiger partial charge in [0.15, 0.2) is 0 Å². The number of aromatic amines is 1. The van der Waals surface area contributed by atoms with Crippen molar-refractivity contribution in [3.8, 4) is 11.4 Å². The summed E-state index contributed by atoms with van der Waals surface area (Å²) in [5.41, 5.74) is 2.30. The minimum Gasteiger partial charge on any atom is -0.346 e. The number of benzene rings is 2. The van der Waals surface area contributed by atoms with Crippen molar-refractivity contribution in [2.45, 2.75) is 13.0 Å². The number of carbonyl (C=O) groups is 1. The number of tetrazole rings is 1. The smallest absolute Gasteiger partial charge is 0.251 e. The lowest BCUT2D eigenvalue weighted by Crippen LogP contribution is -2.26. The summed E-state index contributed by atoms with van der Waals surface area (Å²) in [6.07, 6.45) is 0. The van der Waals surface area contributed by atoms with E-state index in [1.165, 1.54) is 0 Å². The second-order valence-corrected chi connectivity index (χ2v) is 5.50. The normalized spacial score (nSPS) is 11.9. The largest absolute Gasteiger partial charge is 0.346 e. The summed E-state index contributed by atoms with van der Waals surface area (Å²) in [5.74, 6) is 0.335. The quantitative estimate of drug-likeness (QED) is 0.771. The van der Waals surface area contributed by atoms with Gasteiger partial charge in [0, 0.05) is 16.1 Å². The van der Waals surface area contributed by atoms with Crippen LogP contribution in [0.15, 0.2) is 48.5 Å². The molecule has 0 saturated heterocycles. The predicted octanol–water partition coefficient (Wildman–Crippen LogP) is 3.01. The Morgan fingerprint density at radius 1 is 1.22 bits per heavy atom. The topological polar surface area (TPSA) is 83.6 Å². The van der Waals surface area contributed by atoms with Crippen molar-refractivity contribution < 1.29 is 4.79 Å². The van der Waals surface area contributed by atoms with Gasteiger partial charge in [-0.15, -0.1) is 10.2 Å². The van der Waals surface area contributed by atoms with Crippen molar-refractivity contribution >= 4 is 17.5 Å². The second kappa shape index (κ2) is 6.58. The van der Waals surface area contributed by atoms with Crippen LogP contribution in [0.2, 0.25) is 5.02 Å². The highest BCUT2D eigenvalue weighted by Crippen LogP contribution is 2.18. The highest BCUT2D eigenvalue weighted by atomic mass is 35.5. The third kappa shape index (κ3) is 3.54. The lowest BCUT2D eigenvalue weighted by molar-refractivity contribution is 0.0940. The van der Waals surface area contributed by atoms with Crippen molar-refractivity contribution in [1.82, 2.24) is 25.9 Å². The Morgan fingerprint density at radius 2 is 2.00 bits per heavy atom. The van der Waals surface area contributed by atoms with Crippen molar-refractivity contribution in [3.05, 3.63) is 64.7 Å². The molecule has 1 heterocycles. The van der Waals surface area contributed by atoms with E-state index in [1.54, 1.807) is 30.3 Å². The third-order valence-corrected chi connectivity index (χ3v) is 3.68. The van der Waals surface area contributed by atoms with E-state index in [0.717, 1.165) is 11.1 Å². The van der Waals surface area contributed by atoms with E-state index in [-0.39, 0.29) is 11.9 Å². The fraction of sp³-hybridized carbons (Fsp3) is 0.125. The summed E-state index contributed by atoms with van der Waals surface area (Å²) in [5, 5.41) is 17.3. The Hall–Kier alpha value is -2.73. The maximum atomic E-state index is 12.3. The van der Waals surface area contributed by atoms with Gasteiger partial charge in [-0.2, -0.15) is 5.21 Å². The van der Waals surface area contributed by atoms with Gasteiger partial charge in [0.05, 0.1) is 6.04 Å². The molecular weight excluding hydrogens is 314 g/mol. The Morgan fingerprint density at radius 3 is 2.65 bits per heavy atom. The molecule has 3 rings (SSSR count). The molecule has 0 aliphatic carbocycles. The number of amides is 1. The second-order valence-electron chi connectivity index (χ2n) is 5.06. The van der Waals surface area contributed by atoms with Gasteiger partial charge in [-0.25, -0.2) is 0 Å². The number of rotatable bonds is 4. The number of aromatic nitrogens is 4. The number of H-pyrrole nitrogens is 1. The van der Waals surface area contributed by atoms with Gasteiger partial charge in [-0.3, -0.25) is 4.79 Å². The number of carbonyl (C=O) groups excluding carboxylic acids is 1. The molecule has 23 heavy (non-hydrogen) atoms. The first-order valence-corrected chi connectivity index (χ1v) is 7.41. The molecule has 0 saturated carbocycles. The summed E-state index contributed by atoms with van der Waals surface area (Å²) in [7, 11) is 0. The fourth-order valence-electron chi connectivity index (χ4n) is 2.19. The molecule has 0 spiro atoms. The Bertz CT molecular complexity index is 802. The highest BCUT2D eigenvalue weighted by molar-refractivity contribution is 6.30. The van der Waals surface area contributed by atoms with Gasteiger partial charge in [-0.1, -0.05) is 35.9 Å². The number of nitrogens with one attached hydrogen (secondary N) is 2. The van der Waals surface area contributed by atoms with Crippen LogP contribution in [0.25, 0.3) is 11.4 Å². The lowest BCUT2D eigenvalue weighted by Gasteiger charge is -2.14. The summed E-state index contributed by atoms with van der Waals surface area (Å²) in [6, 6.07) is 14.3. The first kappa shape index (κ1) is 15.2. The molecule has 6 nitrogen and oxygen atoms in total. The highest BCUT2D eigenvalue weighted by Gasteiger charge is 2.12. The molecule has 0 aliphatic rings. The average molecular weight is 328 g/mol. The molecule has 0 aliphatic heterocycles. The minimum atomic E-state index is -0.155. The Balaban J connectivity index is 1.71. The number of halogens is 1. The molecule has 3 aromatic rings. The molecule has 2 aromatic carbocycles. The van der Waals surface area contributed by atoms with Gasteiger partial charge >= 0.3 is 0 Å². The molecule has 1 atom stereocenters. The van der Waals surface area contributed by atoms with Crippen LogP contribution in [0.5, 0.6) is 0 Å². The van der Waals surface area contributed by atoms with E-state index in [4.69, 9.17) is 11.6 Å². The summed E-state index contributed by atoms with van der Waals surface area (Å²) in [4.78, 5) is 12.3. The average Bonchev–Trinajstić information content (AvgIpc) is 3.09. The number of nitrogens with zero attached hydrogens (tertiary/aromatic N) is 3. The zero-order valence-corrected chi connectivity index (χ0v) is 13.1. The summed E-state index contributed by atoms with van der Waals surface area (Å²) >= 11 is 5.98. The standard InChI is InChI=1S/C16H14ClN5O/c1-10(13-3-2-4-14(17)9-13)18-16(23)12-7-5-11(6-8-12)15-19-21-22-20-15/h2-10H,1H3,(H,18,23)(H,19,20,21,22)/t10-/m1/s1. The van der Waals surface area contributed by atoms with Crippen LogP contribution in [0.1, 0.15) is 28.9 Å². The van der Waals surface area contributed by atoms with Crippen LogP contribution in [0, 0.1) is 0 Å². The van der Waals surface area contributed by atoms with Crippen LogP contribution >= 0.6 is 11.6 Å². The summed E-state index contributed by atoms with van der Waals surface area (Å²) in [6.45, 7) is 1.91. The lowest BCUT2D eigenvalue weighted by atomic mass is 10.1. The van der Waals surface area contributed by atoms with E-state index in [9.17, 15) is 4.79 Å². The minimum absolute atomic E-state index is 0.141. The van der Waals surface area contributed by atoms with E-state index in [0.29, 0.717) is 16.4 Å². The van der Waals surface area contributed by atoms with Gasteiger partial charge < -0.3 is 5.32 Å². The Kier molecular flexibility index (Phi) is 4.34. The molecule has 1 aromatic heterocycles. The zero-order chi connectivity index (χ0) is 16.2. The molecule has 2 N–H and O–H groups in total. The van der Waals surface area contributed by atoms with Crippen LogP contribution < -0.4 is 5.32 Å². The Labute approximate surface area is 137 Å². The van der Waals surface area contributed by atoms with Crippen molar-refractivity contribution in [2.24, 2.45) is 0 Å². The third-order valence-electron chi connectivity index (χ3n) is 3.45. The van der Waals surface area contributed by atoms with Crippen molar-refractivity contribution in [2.75, 3.05) is 0 Å². The van der Waals surface area contributed by atoms with Crippen molar-refractivity contribution in [1.29, 1.82) is 0 Å². The molecule has 116 valence electrons. The number of hydrogen-bond donors (Lipinski definition) is 2. The molecule has 7 heteroatoms. The first-order valence-electron chi connectivity index (χ1n) is 7.03. The van der Waals surface area contributed by atoms with Crippen LogP contribution in [-0.2, 0) is 0 Å². The first-order chi connectivity index (χ1) is 11.1. The molecule has 0 bridgehead atoms. The van der Waals surface area contributed by atoms with E-state index in [1.807, 2.05) is 25.1 Å². The van der Waals surface area contributed by atoms with E-state index >= 15 is 0 Å². The van der Waals surface area contributed by atoms with Gasteiger partial charge in [0.25, 0.3) is 5.91 Å². The predicted molar refractivity (Wildman–Crippen MR) is 86.9 cm³/mol. The van der Waals surface area contributed by atoms with Gasteiger partial charge in [0.2, 0.25) is 5.82 Å². The number of hydrogen-bond acceptors (Lipinski definition) is 4.